The fraction of sp³-hybridized carbons (Fsp3) is 0.464. The first-order chi connectivity index (χ1) is 18.7. The molecule has 1 aromatic heterocycles. The molecule has 2 heterocycles. The highest BCUT2D eigenvalue weighted by atomic mass is 19.1. The second-order valence-electron chi connectivity index (χ2n) is 10.1. The van der Waals surface area contributed by atoms with E-state index in [-0.39, 0.29) is 36.4 Å². The Morgan fingerprint density at radius 3 is 2.62 bits per heavy atom. The number of carbonyl (C=O) groups excluding carboxylic acids is 3. The maximum absolute atomic E-state index is 14.4. The predicted molar refractivity (Wildman–Crippen MR) is 146 cm³/mol. The molecule has 208 valence electrons. The van der Waals surface area contributed by atoms with E-state index in [4.69, 9.17) is 5.73 Å². The van der Waals surface area contributed by atoms with Crippen LogP contribution in [0.25, 0.3) is 0 Å². The van der Waals surface area contributed by atoms with E-state index in [2.05, 4.69) is 25.5 Å². The minimum atomic E-state index is -0.712. The minimum Gasteiger partial charge on any atom is -0.364 e. The summed E-state index contributed by atoms with van der Waals surface area (Å²) in [5.41, 5.74) is 8.21. The molecule has 0 atom stereocenters. The molecule has 4 rings (SSSR count). The molecule has 39 heavy (non-hydrogen) atoms. The monoisotopic (exact) mass is 537 g/mol. The predicted octanol–water partition coefficient (Wildman–Crippen LogP) is 2.28. The average molecular weight is 538 g/mol. The van der Waals surface area contributed by atoms with Crippen LogP contribution in [0.5, 0.6) is 0 Å². The number of likely N-dealkylation sites (tertiary alicyclic amines) is 1. The lowest BCUT2D eigenvalue weighted by Gasteiger charge is -2.29. The Labute approximate surface area is 227 Å². The number of nitrogens with zero attached hydrogens (tertiary/aromatic N) is 4. The molecule has 0 bridgehead atoms. The van der Waals surface area contributed by atoms with E-state index < -0.39 is 11.7 Å². The molecule has 2 aromatic rings. The molecule has 3 amide bonds. The Kier molecular flexibility index (Phi) is 9.23. The van der Waals surface area contributed by atoms with Crippen LogP contribution in [-0.4, -0.2) is 77.3 Å². The Hall–Kier alpha value is -3.86. The number of aryl methyl sites for hydroxylation is 1. The SMILES string of the molecule is CCc1nc(C(N)=O)c(Nc2cc(F)cc(CCNC(=O)CN(C)C(=O)/C=C/CN3CCC3)c2)nc1C1CC1. The molecule has 2 fully saturated rings. The number of halogens is 1. The number of nitrogens with one attached hydrogen (secondary N) is 2. The van der Waals surface area contributed by atoms with Gasteiger partial charge < -0.3 is 21.3 Å². The van der Waals surface area contributed by atoms with Crippen LogP contribution in [0.2, 0.25) is 0 Å². The van der Waals surface area contributed by atoms with Gasteiger partial charge in [-0.05, 0) is 69.0 Å². The van der Waals surface area contributed by atoms with Crippen LogP contribution in [0, 0.1) is 5.82 Å². The molecular formula is C28H36FN7O3. The Balaban J connectivity index is 1.33. The summed E-state index contributed by atoms with van der Waals surface area (Å²) in [4.78, 5) is 49.3. The third kappa shape index (κ3) is 7.82. The van der Waals surface area contributed by atoms with Crippen molar-refractivity contribution in [3.63, 3.8) is 0 Å². The first-order valence-electron chi connectivity index (χ1n) is 13.4. The topological polar surface area (TPSA) is 134 Å². The zero-order valence-corrected chi connectivity index (χ0v) is 22.5. The Morgan fingerprint density at radius 1 is 1.21 bits per heavy atom. The molecular weight excluding hydrogens is 501 g/mol. The molecule has 1 saturated carbocycles. The van der Waals surface area contributed by atoms with Crippen molar-refractivity contribution in [1.82, 2.24) is 25.1 Å². The number of hydrogen-bond acceptors (Lipinski definition) is 7. The van der Waals surface area contributed by atoms with Crippen molar-refractivity contribution >= 4 is 29.2 Å². The fourth-order valence-electron chi connectivity index (χ4n) is 4.38. The molecule has 10 nitrogen and oxygen atoms in total. The molecule has 2 aliphatic rings. The molecule has 1 aliphatic heterocycles. The zero-order valence-electron chi connectivity index (χ0n) is 22.5. The van der Waals surface area contributed by atoms with Gasteiger partial charge in [-0.25, -0.2) is 14.4 Å². The van der Waals surface area contributed by atoms with Gasteiger partial charge in [-0.3, -0.25) is 19.3 Å². The number of primary amides is 1. The van der Waals surface area contributed by atoms with E-state index in [1.807, 2.05) is 13.0 Å². The fourth-order valence-corrected chi connectivity index (χ4v) is 4.38. The maximum atomic E-state index is 14.4. The van der Waals surface area contributed by atoms with Gasteiger partial charge in [-0.15, -0.1) is 0 Å². The summed E-state index contributed by atoms with van der Waals surface area (Å²) >= 11 is 0. The van der Waals surface area contributed by atoms with Gasteiger partial charge in [0.15, 0.2) is 11.5 Å². The largest absolute Gasteiger partial charge is 0.364 e. The minimum absolute atomic E-state index is 0.0170. The van der Waals surface area contributed by atoms with Crippen molar-refractivity contribution in [3.05, 3.63) is 58.8 Å². The summed E-state index contributed by atoms with van der Waals surface area (Å²) in [6.07, 6.45) is 7.53. The van der Waals surface area contributed by atoms with Gasteiger partial charge >= 0.3 is 0 Å². The molecule has 1 saturated heterocycles. The quantitative estimate of drug-likeness (QED) is 0.334. The summed E-state index contributed by atoms with van der Waals surface area (Å²) in [5, 5.41) is 5.79. The van der Waals surface area contributed by atoms with E-state index in [9.17, 15) is 18.8 Å². The van der Waals surface area contributed by atoms with E-state index in [0.717, 1.165) is 43.9 Å². The molecule has 4 N–H and O–H groups in total. The first kappa shape index (κ1) is 28.2. The molecule has 0 radical (unpaired) electrons. The van der Waals surface area contributed by atoms with E-state index in [1.54, 1.807) is 13.1 Å². The summed E-state index contributed by atoms with van der Waals surface area (Å²) in [6, 6.07) is 4.41. The van der Waals surface area contributed by atoms with Crippen LogP contribution in [0.3, 0.4) is 0 Å². The number of anilines is 2. The first-order valence-corrected chi connectivity index (χ1v) is 13.4. The normalized spacial score (nSPS) is 15.2. The van der Waals surface area contributed by atoms with Crippen LogP contribution in [0.15, 0.2) is 30.4 Å². The number of amides is 3. The van der Waals surface area contributed by atoms with Crippen LogP contribution >= 0.6 is 0 Å². The molecule has 11 heteroatoms. The van der Waals surface area contributed by atoms with Gasteiger partial charge in [0.2, 0.25) is 11.8 Å². The second-order valence-corrected chi connectivity index (χ2v) is 10.1. The second kappa shape index (κ2) is 12.8. The van der Waals surface area contributed by atoms with Crippen molar-refractivity contribution in [2.45, 2.75) is 44.9 Å². The van der Waals surface area contributed by atoms with Crippen LogP contribution in [-0.2, 0) is 22.4 Å². The third-order valence-electron chi connectivity index (χ3n) is 6.82. The lowest BCUT2D eigenvalue weighted by Crippen LogP contribution is -2.39. The van der Waals surface area contributed by atoms with Crippen molar-refractivity contribution in [2.24, 2.45) is 5.73 Å². The number of rotatable bonds is 13. The maximum Gasteiger partial charge on any atom is 0.271 e. The van der Waals surface area contributed by atoms with Crippen molar-refractivity contribution in [1.29, 1.82) is 0 Å². The van der Waals surface area contributed by atoms with Gasteiger partial charge in [-0.2, -0.15) is 0 Å². The lowest BCUT2D eigenvalue weighted by atomic mass is 10.1. The average Bonchev–Trinajstić information content (AvgIpc) is 3.70. The van der Waals surface area contributed by atoms with Crippen molar-refractivity contribution in [2.75, 3.05) is 45.1 Å². The zero-order chi connectivity index (χ0) is 27.9. The highest BCUT2D eigenvalue weighted by molar-refractivity contribution is 5.96. The third-order valence-corrected chi connectivity index (χ3v) is 6.82. The molecule has 1 aliphatic carbocycles. The van der Waals surface area contributed by atoms with Gasteiger partial charge in [0.25, 0.3) is 5.91 Å². The Bertz CT molecular complexity index is 1260. The molecule has 0 unspecified atom stereocenters. The molecule has 1 aromatic carbocycles. The van der Waals surface area contributed by atoms with Crippen LogP contribution in [0.1, 0.15) is 59.5 Å². The Morgan fingerprint density at radius 2 is 1.97 bits per heavy atom. The van der Waals surface area contributed by atoms with Gasteiger partial charge in [0.05, 0.1) is 17.9 Å². The van der Waals surface area contributed by atoms with Gasteiger partial charge in [0.1, 0.15) is 5.82 Å². The highest BCUT2D eigenvalue weighted by Crippen LogP contribution is 2.41. The highest BCUT2D eigenvalue weighted by Gasteiger charge is 2.30. The summed E-state index contributed by atoms with van der Waals surface area (Å²) in [6.45, 7) is 4.98. The summed E-state index contributed by atoms with van der Waals surface area (Å²) in [7, 11) is 1.57. The number of hydrogen-bond donors (Lipinski definition) is 3. The summed E-state index contributed by atoms with van der Waals surface area (Å²) in [5.74, 6) is -1.20. The lowest BCUT2D eigenvalue weighted by molar-refractivity contribution is -0.131. The number of likely N-dealkylation sites (N-methyl/N-ethyl adjacent to an activating group) is 1. The summed E-state index contributed by atoms with van der Waals surface area (Å²) < 4.78 is 14.4. The van der Waals surface area contributed by atoms with Crippen LogP contribution < -0.4 is 16.4 Å². The van der Waals surface area contributed by atoms with E-state index in [1.165, 1.54) is 29.5 Å². The number of nitrogens with two attached hydrogens (primary N) is 1. The van der Waals surface area contributed by atoms with E-state index in [0.29, 0.717) is 30.0 Å². The number of aromatic nitrogens is 2. The van der Waals surface area contributed by atoms with Gasteiger partial charge in [0, 0.05) is 37.8 Å². The van der Waals surface area contributed by atoms with Gasteiger partial charge in [-0.1, -0.05) is 13.0 Å². The standard InChI is InChI=1S/C28H36FN7O3/c1-3-22-25(19-7-8-19)34-28(26(33-22)27(30)39)32-21-15-18(14-20(29)16-21)9-10-31-23(37)17-35(2)24(38)6-4-11-36-12-5-13-36/h4,6,14-16,19H,3,5,7-13,17H2,1-2H3,(H2,30,39)(H,31,37)(H,32,34)/b6-4+. The van der Waals surface area contributed by atoms with Crippen molar-refractivity contribution in [3.8, 4) is 0 Å². The number of carbonyl (C=O) groups is 3. The van der Waals surface area contributed by atoms with E-state index >= 15 is 0 Å². The van der Waals surface area contributed by atoms with Crippen molar-refractivity contribution < 1.29 is 18.8 Å². The van der Waals surface area contributed by atoms with Crippen LogP contribution in [0.4, 0.5) is 15.9 Å². The smallest absolute Gasteiger partial charge is 0.271 e. The molecule has 0 spiro atoms. The number of benzene rings is 1.